The number of carbonyl (C=O) groups is 1. The summed E-state index contributed by atoms with van der Waals surface area (Å²) in [5.41, 5.74) is 11.8. The molecule has 306 valence electrons. The predicted octanol–water partition coefficient (Wildman–Crippen LogP) is 12.2. The number of nitrogens with one attached hydrogen (secondary N) is 1. The van der Waals surface area contributed by atoms with Crippen LogP contribution in [0.4, 0.5) is 0 Å². The van der Waals surface area contributed by atoms with E-state index >= 15 is 0 Å². The van der Waals surface area contributed by atoms with Gasteiger partial charge in [-0.25, -0.2) is 0 Å². The number of nitrogens with two attached hydrogens (primary N) is 1. The van der Waals surface area contributed by atoms with Crippen LogP contribution in [0.15, 0.2) is 182 Å². The van der Waals surface area contributed by atoms with E-state index in [1.807, 2.05) is 23.5 Å². The fraction of sp³-hybridized carbons (Fsp3) is 0.302. The Bertz CT molecular complexity index is 1830. The smallest absolute Gasteiger partial charge is 0.309 e. The van der Waals surface area contributed by atoms with Gasteiger partial charge in [0.25, 0.3) is 0 Å². The van der Waals surface area contributed by atoms with Crippen molar-refractivity contribution >= 4 is 29.5 Å². The van der Waals surface area contributed by atoms with Gasteiger partial charge < -0.3 is 16.2 Å². The zero-order valence-electron chi connectivity index (χ0n) is 35.0. The van der Waals surface area contributed by atoms with Gasteiger partial charge in [-0.15, -0.1) is 23.5 Å². The van der Waals surface area contributed by atoms with Crippen LogP contribution in [-0.4, -0.2) is 40.2 Å². The van der Waals surface area contributed by atoms with Gasteiger partial charge in [-0.05, 0) is 65.6 Å². The molecule has 0 unspecified atom stereocenters. The Balaban J connectivity index is 1.47. The van der Waals surface area contributed by atoms with E-state index < -0.39 is 30.4 Å². The van der Waals surface area contributed by atoms with Crippen molar-refractivity contribution < 1.29 is 9.90 Å². The number of aliphatic carboxylic acids is 1. The van der Waals surface area contributed by atoms with Crippen LogP contribution in [0.25, 0.3) is 0 Å². The minimum atomic E-state index is -1.07. The first kappa shape index (κ1) is 44.0. The Labute approximate surface area is 361 Å². The van der Waals surface area contributed by atoms with Crippen LogP contribution in [0, 0.1) is 5.41 Å². The van der Waals surface area contributed by atoms with Crippen molar-refractivity contribution in [2.45, 2.75) is 72.4 Å². The van der Waals surface area contributed by atoms with Gasteiger partial charge in [-0.2, -0.15) is 0 Å². The molecule has 0 fully saturated rings. The summed E-state index contributed by atoms with van der Waals surface area (Å²) in [5, 5.41) is 15.2. The largest absolute Gasteiger partial charge is 0.481 e. The van der Waals surface area contributed by atoms with Crippen LogP contribution in [0.2, 0.25) is 0 Å². The minimum absolute atomic E-state index is 0.462. The lowest BCUT2D eigenvalue weighted by atomic mass is 9.70. The van der Waals surface area contributed by atoms with E-state index in [4.69, 9.17) is 5.73 Å². The maximum absolute atomic E-state index is 14.4. The van der Waals surface area contributed by atoms with E-state index in [0.717, 1.165) is 39.8 Å². The van der Waals surface area contributed by atoms with Crippen LogP contribution in [0.3, 0.4) is 0 Å². The van der Waals surface area contributed by atoms with E-state index in [-0.39, 0.29) is 0 Å². The average Bonchev–Trinajstić information content (AvgIpc) is 3.26. The summed E-state index contributed by atoms with van der Waals surface area (Å²) in [5.74, 6) is -0.742. The van der Waals surface area contributed by atoms with Crippen molar-refractivity contribution in [2.75, 3.05) is 19.6 Å². The van der Waals surface area contributed by atoms with Crippen molar-refractivity contribution in [1.29, 1.82) is 0 Å². The highest BCUT2D eigenvalue weighted by atomic mass is 32.2. The molecule has 6 aromatic carbocycles. The van der Waals surface area contributed by atoms with Crippen LogP contribution in [0.1, 0.15) is 86.8 Å². The first-order valence-electron chi connectivity index (χ1n) is 20.8. The summed E-state index contributed by atoms with van der Waals surface area (Å²) >= 11 is 3.75. The molecule has 0 aromatic heterocycles. The highest BCUT2D eigenvalue weighted by molar-refractivity contribution is 8.02. The Kier molecular flexibility index (Phi) is 14.6. The molecule has 0 radical (unpaired) electrons. The molecule has 4 nitrogen and oxygen atoms in total. The van der Waals surface area contributed by atoms with E-state index in [1.54, 1.807) is 0 Å². The van der Waals surface area contributed by atoms with E-state index in [9.17, 15) is 9.90 Å². The van der Waals surface area contributed by atoms with Gasteiger partial charge in [-0.3, -0.25) is 4.79 Å². The molecule has 0 aliphatic carbocycles. The third-order valence-electron chi connectivity index (χ3n) is 11.3. The zero-order valence-corrected chi connectivity index (χ0v) is 36.7. The van der Waals surface area contributed by atoms with Crippen molar-refractivity contribution in [3.63, 3.8) is 0 Å². The van der Waals surface area contributed by atoms with Gasteiger partial charge in [0.15, 0.2) is 0 Å². The second kappa shape index (κ2) is 19.6. The molecule has 0 heterocycles. The van der Waals surface area contributed by atoms with E-state index in [2.05, 4.69) is 215 Å². The molecule has 6 rings (SSSR count). The van der Waals surface area contributed by atoms with Gasteiger partial charge in [0, 0.05) is 22.6 Å². The molecule has 59 heavy (non-hydrogen) atoms. The molecular weight excluding hydrogens is 761 g/mol. The molecule has 0 amide bonds. The number of carboxylic acid groups (broad SMARTS) is 1. The number of rotatable bonds is 21. The normalized spacial score (nSPS) is 12.6. The third kappa shape index (κ3) is 10.2. The number of thioether (sulfide) groups is 2. The summed E-state index contributed by atoms with van der Waals surface area (Å²) in [6.07, 6.45) is 2.17. The van der Waals surface area contributed by atoms with Crippen LogP contribution >= 0.6 is 23.5 Å². The molecule has 0 aliphatic rings. The van der Waals surface area contributed by atoms with Gasteiger partial charge in [0.05, 0.1) is 14.9 Å². The summed E-state index contributed by atoms with van der Waals surface area (Å²) < 4.78 is -2.23. The molecular formula is C53H60N2O2S2. The fourth-order valence-electron chi connectivity index (χ4n) is 9.20. The second-order valence-electron chi connectivity index (χ2n) is 16.9. The van der Waals surface area contributed by atoms with Gasteiger partial charge in [0.1, 0.15) is 0 Å². The lowest BCUT2D eigenvalue weighted by molar-refractivity contribution is -0.151. The minimum Gasteiger partial charge on any atom is -0.481 e. The van der Waals surface area contributed by atoms with E-state index in [0.29, 0.717) is 38.9 Å². The second-order valence-corrected chi connectivity index (χ2v) is 20.7. The van der Waals surface area contributed by atoms with Crippen LogP contribution in [-0.2, 0) is 14.3 Å². The van der Waals surface area contributed by atoms with Crippen LogP contribution in [0.5, 0.6) is 0 Å². The lowest BCUT2D eigenvalue weighted by Crippen LogP contribution is -2.45. The highest BCUT2D eigenvalue weighted by Crippen LogP contribution is 2.60. The predicted molar refractivity (Wildman–Crippen MR) is 252 cm³/mol. The quantitative estimate of drug-likeness (QED) is 0.0496. The van der Waals surface area contributed by atoms with Crippen molar-refractivity contribution in [3.05, 3.63) is 215 Å². The summed E-state index contributed by atoms with van der Waals surface area (Å²) in [7, 11) is 0. The summed E-state index contributed by atoms with van der Waals surface area (Å²) in [6, 6.07) is 64.3. The number of hydrogen-bond donors (Lipinski definition) is 3. The molecule has 0 spiro atoms. The Morgan fingerprint density at radius 2 is 0.763 bits per heavy atom. The van der Waals surface area contributed by atoms with Crippen LogP contribution < -0.4 is 11.1 Å². The summed E-state index contributed by atoms with van der Waals surface area (Å²) in [6.45, 7) is 11.0. The molecule has 4 N–H and O–H groups in total. The zero-order chi connectivity index (χ0) is 41.8. The SMILES string of the molecule is CC(C)(CC(CCCNCCN)(CC(C)(C)SC(c1ccccc1)(c1ccccc1)c1ccccc1)C(=O)O)SC(c1ccccc1)(c1ccccc1)c1ccccc1. The summed E-state index contributed by atoms with van der Waals surface area (Å²) in [4.78, 5) is 14.4. The fourth-order valence-corrected chi connectivity index (χ4v) is 13.1. The highest BCUT2D eigenvalue weighted by Gasteiger charge is 2.52. The molecule has 0 aliphatic heterocycles. The molecule has 6 heteroatoms. The number of carboxylic acids is 1. The van der Waals surface area contributed by atoms with Gasteiger partial charge >= 0.3 is 5.97 Å². The van der Waals surface area contributed by atoms with Crippen molar-refractivity contribution in [3.8, 4) is 0 Å². The van der Waals surface area contributed by atoms with E-state index in [1.165, 1.54) is 0 Å². The van der Waals surface area contributed by atoms with Crippen molar-refractivity contribution in [1.82, 2.24) is 5.32 Å². The standard InChI is InChI=1S/C53H60N2O2S2/c1-49(2,58-52(42-24-11-5-12-25-42,43-26-13-6-14-27-43)44-28-15-7-16-29-44)40-51(48(56)57,36-23-38-55-39-37-54)41-50(3,4)59-53(45-30-17-8-18-31-45,46-32-19-9-20-33-46)47-34-21-10-22-35-47/h5-22,24-35,55H,23,36-41,54H2,1-4H3,(H,56,57). The molecule has 6 aromatic rings. The first-order valence-corrected chi connectivity index (χ1v) is 22.5. The maximum atomic E-state index is 14.4. The molecule has 0 saturated carbocycles. The number of hydrogen-bond acceptors (Lipinski definition) is 5. The lowest BCUT2D eigenvalue weighted by Gasteiger charge is -2.48. The first-order chi connectivity index (χ1) is 28.5. The monoisotopic (exact) mass is 820 g/mol. The molecule has 0 atom stereocenters. The maximum Gasteiger partial charge on any atom is 0.309 e. The average molecular weight is 821 g/mol. The third-order valence-corrected chi connectivity index (χ3v) is 14.7. The topological polar surface area (TPSA) is 75.3 Å². The Morgan fingerprint density at radius 1 is 0.492 bits per heavy atom. The van der Waals surface area contributed by atoms with Gasteiger partial charge in [-0.1, -0.05) is 210 Å². The Morgan fingerprint density at radius 3 is 1.00 bits per heavy atom. The number of benzene rings is 6. The van der Waals surface area contributed by atoms with Gasteiger partial charge in [0.2, 0.25) is 0 Å². The molecule has 0 saturated heterocycles. The molecule has 0 bridgehead atoms. The van der Waals surface area contributed by atoms with Crippen molar-refractivity contribution in [2.24, 2.45) is 11.1 Å². The Hall–Kier alpha value is -4.59.